The minimum atomic E-state index is 0.371. The first-order valence-corrected chi connectivity index (χ1v) is 9.51. The maximum Gasteiger partial charge on any atom is 0.182 e. The van der Waals surface area contributed by atoms with Crippen LogP contribution in [-0.4, -0.2) is 24.0 Å². The summed E-state index contributed by atoms with van der Waals surface area (Å²) in [5, 5.41) is 21.0. The monoisotopic (exact) mass is 395 g/mol. The van der Waals surface area contributed by atoms with Crippen molar-refractivity contribution in [2.45, 2.75) is 32.1 Å². The van der Waals surface area contributed by atoms with Crippen molar-refractivity contribution in [2.75, 3.05) is 13.2 Å². The second-order valence-electron chi connectivity index (χ2n) is 6.12. The highest BCUT2D eigenvalue weighted by atomic mass is 35.5. The fourth-order valence-corrected chi connectivity index (χ4v) is 2.62. The molecule has 0 radical (unpaired) electrons. The number of ether oxygens (including phenoxy) is 1. The Hall–Kier alpha value is -3.09. The number of nitrogens with one attached hydrogen (secondary N) is 1. The molecule has 0 atom stereocenters. The zero-order chi connectivity index (χ0) is 20.0. The minimum absolute atomic E-state index is 0.371. The molecular formula is C21H22ClN5O. The van der Waals surface area contributed by atoms with Crippen LogP contribution in [0.4, 0.5) is 0 Å². The molecule has 1 N–H and O–H groups in total. The third-order valence-electron chi connectivity index (χ3n) is 3.95. The van der Waals surface area contributed by atoms with Crippen LogP contribution in [0.1, 0.15) is 36.9 Å². The van der Waals surface area contributed by atoms with Crippen LogP contribution in [0.5, 0.6) is 5.75 Å². The lowest BCUT2D eigenvalue weighted by Crippen LogP contribution is -2.21. The van der Waals surface area contributed by atoms with Crippen molar-refractivity contribution in [1.82, 2.24) is 10.3 Å². The molecular weight excluding hydrogens is 374 g/mol. The lowest BCUT2D eigenvalue weighted by molar-refractivity contribution is 0.305. The number of hydrogen-bond donors (Lipinski definition) is 1. The number of nitrogens with zero attached hydrogens (tertiary/aromatic N) is 4. The van der Waals surface area contributed by atoms with Gasteiger partial charge in [-0.05, 0) is 55.2 Å². The summed E-state index contributed by atoms with van der Waals surface area (Å²) in [6, 6.07) is 12.8. The molecule has 2 rings (SSSR count). The molecule has 0 spiro atoms. The summed E-state index contributed by atoms with van der Waals surface area (Å²) in [5.41, 5.74) is 1.27. The van der Waals surface area contributed by atoms with Crippen LogP contribution in [0, 0.1) is 22.8 Å². The number of halogens is 1. The molecule has 0 saturated heterocycles. The highest BCUT2D eigenvalue weighted by Gasteiger charge is 2.02. The molecule has 1 aromatic heterocycles. The summed E-state index contributed by atoms with van der Waals surface area (Å²) in [5.74, 6) is 1.44. The maximum absolute atomic E-state index is 8.88. The first-order valence-electron chi connectivity index (χ1n) is 9.13. The minimum Gasteiger partial charge on any atom is -0.494 e. The van der Waals surface area contributed by atoms with Gasteiger partial charge in [0.15, 0.2) is 6.19 Å². The number of aliphatic imine (C=N–C) groups is 1. The van der Waals surface area contributed by atoms with Gasteiger partial charge >= 0.3 is 0 Å². The Balaban J connectivity index is 1.64. The number of rotatable bonds is 10. The Morgan fingerprint density at radius 1 is 1.07 bits per heavy atom. The van der Waals surface area contributed by atoms with Gasteiger partial charge in [0.2, 0.25) is 0 Å². The van der Waals surface area contributed by atoms with Gasteiger partial charge in [0.05, 0.1) is 6.61 Å². The Bertz CT molecular complexity index is 835. The van der Waals surface area contributed by atoms with Gasteiger partial charge in [-0.25, -0.2) is 4.98 Å². The highest BCUT2D eigenvalue weighted by Crippen LogP contribution is 2.16. The van der Waals surface area contributed by atoms with E-state index in [0.29, 0.717) is 36.1 Å². The van der Waals surface area contributed by atoms with Crippen LogP contribution in [0.3, 0.4) is 0 Å². The van der Waals surface area contributed by atoms with E-state index in [0.717, 1.165) is 37.0 Å². The van der Waals surface area contributed by atoms with Crippen molar-refractivity contribution >= 4 is 17.4 Å². The van der Waals surface area contributed by atoms with Gasteiger partial charge in [-0.2, -0.15) is 10.5 Å². The number of pyridine rings is 1. The van der Waals surface area contributed by atoms with E-state index in [1.165, 1.54) is 0 Å². The Morgan fingerprint density at radius 2 is 1.86 bits per heavy atom. The Kier molecular flexibility index (Phi) is 9.34. The molecule has 144 valence electrons. The smallest absolute Gasteiger partial charge is 0.182 e. The van der Waals surface area contributed by atoms with Crippen LogP contribution >= 0.6 is 11.6 Å². The standard InChI is InChI=1S/C21H22ClN5O/c22-18-6-9-20(10-7-18)28-12-4-2-1-3-11-25-21(27-16-24)13-17-5-8-19(14-23)26-15-17/h5-10,15H,1-4,11-13H2,(H,25,27). The van der Waals surface area contributed by atoms with Gasteiger partial charge in [0.25, 0.3) is 0 Å². The molecule has 0 unspecified atom stereocenters. The quantitative estimate of drug-likeness (QED) is 0.213. The molecule has 0 saturated carbocycles. The van der Waals surface area contributed by atoms with Gasteiger partial charge in [0, 0.05) is 24.2 Å². The molecule has 28 heavy (non-hydrogen) atoms. The van der Waals surface area contributed by atoms with Crippen LogP contribution < -0.4 is 10.1 Å². The van der Waals surface area contributed by atoms with E-state index < -0.39 is 0 Å². The molecule has 1 heterocycles. The SMILES string of the molecule is N#CNC(Cc1ccc(C#N)nc1)=NCCCCCCOc1ccc(Cl)cc1. The average molecular weight is 396 g/mol. The van der Waals surface area contributed by atoms with Crippen molar-refractivity contribution in [2.24, 2.45) is 4.99 Å². The Morgan fingerprint density at radius 3 is 2.54 bits per heavy atom. The molecule has 0 aliphatic carbocycles. The van der Waals surface area contributed by atoms with E-state index in [4.69, 9.17) is 26.9 Å². The van der Waals surface area contributed by atoms with E-state index in [1.807, 2.05) is 42.6 Å². The fraction of sp³-hybridized carbons (Fsp3) is 0.333. The third-order valence-corrected chi connectivity index (χ3v) is 4.20. The molecule has 0 aliphatic rings. The molecule has 6 nitrogen and oxygen atoms in total. The number of nitriles is 2. The molecule has 1 aromatic carbocycles. The number of amidine groups is 1. The average Bonchev–Trinajstić information content (AvgIpc) is 2.72. The predicted octanol–water partition coefficient (Wildman–Crippen LogP) is 4.26. The molecule has 0 aliphatic heterocycles. The van der Waals surface area contributed by atoms with E-state index in [9.17, 15) is 0 Å². The van der Waals surface area contributed by atoms with E-state index >= 15 is 0 Å². The summed E-state index contributed by atoms with van der Waals surface area (Å²) in [4.78, 5) is 8.50. The maximum atomic E-state index is 8.88. The second-order valence-corrected chi connectivity index (χ2v) is 6.56. The zero-order valence-corrected chi connectivity index (χ0v) is 16.3. The molecule has 0 fully saturated rings. The van der Waals surface area contributed by atoms with Crippen LogP contribution in [0.15, 0.2) is 47.6 Å². The second kappa shape index (κ2) is 12.3. The molecule has 2 aromatic rings. The van der Waals surface area contributed by atoms with Gasteiger partial charge in [-0.3, -0.25) is 10.3 Å². The zero-order valence-electron chi connectivity index (χ0n) is 15.6. The third kappa shape index (κ3) is 8.07. The first kappa shape index (κ1) is 21.2. The van der Waals surface area contributed by atoms with Crippen molar-refractivity contribution < 1.29 is 4.74 Å². The summed E-state index contributed by atoms with van der Waals surface area (Å²) < 4.78 is 5.66. The van der Waals surface area contributed by atoms with Gasteiger partial charge in [-0.1, -0.05) is 24.1 Å². The van der Waals surface area contributed by atoms with Crippen molar-refractivity contribution in [1.29, 1.82) is 10.5 Å². The lowest BCUT2D eigenvalue weighted by Gasteiger charge is -2.06. The fourth-order valence-electron chi connectivity index (χ4n) is 2.49. The van der Waals surface area contributed by atoms with Gasteiger partial charge < -0.3 is 4.74 Å². The van der Waals surface area contributed by atoms with Gasteiger partial charge in [0.1, 0.15) is 23.3 Å². The highest BCUT2D eigenvalue weighted by molar-refractivity contribution is 6.30. The number of benzene rings is 1. The number of unbranched alkanes of at least 4 members (excludes halogenated alkanes) is 3. The van der Waals surface area contributed by atoms with Crippen molar-refractivity contribution in [3.8, 4) is 18.0 Å². The van der Waals surface area contributed by atoms with Crippen molar-refractivity contribution in [3.05, 3.63) is 58.9 Å². The summed E-state index contributed by atoms with van der Waals surface area (Å²) in [6.45, 7) is 1.34. The number of aromatic nitrogens is 1. The van der Waals surface area contributed by atoms with Crippen LogP contribution in [0.2, 0.25) is 5.02 Å². The van der Waals surface area contributed by atoms with E-state index in [-0.39, 0.29) is 0 Å². The van der Waals surface area contributed by atoms with E-state index in [2.05, 4.69) is 15.3 Å². The topological polar surface area (TPSA) is 94.1 Å². The molecule has 0 amide bonds. The van der Waals surface area contributed by atoms with Crippen molar-refractivity contribution in [3.63, 3.8) is 0 Å². The predicted molar refractivity (Wildman–Crippen MR) is 109 cm³/mol. The van der Waals surface area contributed by atoms with Crippen LogP contribution in [0.25, 0.3) is 0 Å². The Labute approximate surface area is 170 Å². The van der Waals surface area contributed by atoms with Crippen LogP contribution in [-0.2, 0) is 6.42 Å². The summed E-state index contributed by atoms with van der Waals surface area (Å²) in [7, 11) is 0. The summed E-state index contributed by atoms with van der Waals surface area (Å²) >= 11 is 5.84. The lowest BCUT2D eigenvalue weighted by atomic mass is 10.2. The molecule has 0 bridgehead atoms. The van der Waals surface area contributed by atoms with Gasteiger partial charge in [-0.15, -0.1) is 0 Å². The first-order chi connectivity index (χ1) is 13.7. The largest absolute Gasteiger partial charge is 0.494 e. The normalized spacial score (nSPS) is 10.8. The molecule has 7 heteroatoms. The van der Waals surface area contributed by atoms with E-state index in [1.54, 1.807) is 12.3 Å². The number of hydrogen-bond acceptors (Lipinski definition) is 5. The summed E-state index contributed by atoms with van der Waals surface area (Å²) in [6.07, 6.45) is 8.07.